The minimum Gasteiger partial charge on any atom is -0.339 e. The lowest BCUT2D eigenvalue weighted by Gasteiger charge is -2.29. The van der Waals surface area contributed by atoms with Gasteiger partial charge in [0.05, 0.1) is 6.04 Å². The zero-order valence-corrected chi connectivity index (χ0v) is 8.54. The highest BCUT2D eigenvalue weighted by Crippen LogP contribution is 2.33. The predicted molar refractivity (Wildman–Crippen MR) is 54.8 cm³/mol. The number of carbonyl (C=O) groups is 1. The second-order valence-electron chi connectivity index (χ2n) is 4.36. The van der Waals surface area contributed by atoms with E-state index < -0.39 is 0 Å². The van der Waals surface area contributed by atoms with Gasteiger partial charge in [-0.3, -0.25) is 4.79 Å². The van der Waals surface area contributed by atoms with Crippen molar-refractivity contribution in [3.63, 3.8) is 0 Å². The molecule has 1 amide bonds. The van der Waals surface area contributed by atoms with Crippen molar-refractivity contribution in [1.82, 2.24) is 10.2 Å². The Hall–Kier alpha value is -0.610. The molecule has 0 aromatic carbocycles. The molecule has 1 aliphatic heterocycles. The van der Waals surface area contributed by atoms with Crippen LogP contribution in [0.4, 0.5) is 0 Å². The molecule has 0 aromatic heterocycles. The molecule has 4 heteroatoms. The van der Waals surface area contributed by atoms with E-state index in [1.165, 1.54) is 12.8 Å². The Bertz CT molecular complexity index is 209. The van der Waals surface area contributed by atoms with E-state index in [0.717, 1.165) is 38.5 Å². The number of nitrogens with two attached hydrogens (primary N) is 1. The number of nitrogens with one attached hydrogen (secondary N) is 1. The van der Waals surface area contributed by atoms with Crippen molar-refractivity contribution in [3.05, 3.63) is 0 Å². The van der Waals surface area contributed by atoms with Crippen molar-refractivity contribution in [3.8, 4) is 0 Å². The maximum Gasteiger partial charge on any atom is 0.239 e. The Kier molecular flexibility index (Phi) is 3.03. The molecule has 0 aromatic rings. The molecule has 1 aliphatic carbocycles. The Morgan fingerprint density at radius 3 is 2.64 bits per heavy atom. The third-order valence-corrected chi connectivity index (χ3v) is 3.03. The number of piperazine rings is 1. The molecule has 0 radical (unpaired) electrons. The van der Waals surface area contributed by atoms with Crippen LogP contribution >= 0.6 is 0 Å². The van der Waals surface area contributed by atoms with Gasteiger partial charge in [-0.05, 0) is 12.3 Å². The molecule has 2 rings (SSSR count). The van der Waals surface area contributed by atoms with Crippen LogP contribution in [0.15, 0.2) is 0 Å². The van der Waals surface area contributed by atoms with Gasteiger partial charge < -0.3 is 16.0 Å². The molecule has 4 nitrogen and oxygen atoms in total. The van der Waals surface area contributed by atoms with Crippen LogP contribution in [0, 0.1) is 5.92 Å². The van der Waals surface area contributed by atoms with Gasteiger partial charge >= 0.3 is 0 Å². The van der Waals surface area contributed by atoms with Crippen LogP contribution in [0.2, 0.25) is 0 Å². The molecule has 0 bridgehead atoms. The Morgan fingerprint density at radius 2 is 2.07 bits per heavy atom. The lowest BCUT2D eigenvalue weighted by molar-refractivity contribution is -0.133. The summed E-state index contributed by atoms with van der Waals surface area (Å²) in [5.41, 5.74) is 5.88. The highest BCUT2D eigenvalue weighted by molar-refractivity contribution is 5.81. The summed E-state index contributed by atoms with van der Waals surface area (Å²) in [5, 5.41) is 3.23. The first kappa shape index (κ1) is 9.93. The molecule has 3 N–H and O–H groups in total. The Balaban J connectivity index is 1.79. The number of nitrogens with zero attached hydrogens (tertiary/aromatic N) is 1. The second kappa shape index (κ2) is 4.28. The van der Waals surface area contributed by atoms with Gasteiger partial charge in [0.15, 0.2) is 0 Å². The molecule has 2 fully saturated rings. The molecule has 0 spiro atoms. The standard InChI is InChI=1S/C10H19N3O/c11-9(7-8-1-2-8)10(14)13-5-3-12-4-6-13/h8-9,12H,1-7,11H2. The third kappa shape index (κ3) is 2.45. The fourth-order valence-corrected chi connectivity index (χ4v) is 1.93. The topological polar surface area (TPSA) is 58.4 Å². The number of hydrogen-bond donors (Lipinski definition) is 2. The molecular weight excluding hydrogens is 178 g/mol. The van der Waals surface area contributed by atoms with Crippen LogP contribution in [0.1, 0.15) is 19.3 Å². The first-order valence-corrected chi connectivity index (χ1v) is 5.52. The van der Waals surface area contributed by atoms with Crippen LogP contribution in [0.5, 0.6) is 0 Å². The summed E-state index contributed by atoms with van der Waals surface area (Å²) in [4.78, 5) is 13.7. The first-order chi connectivity index (χ1) is 6.77. The van der Waals surface area contributed by atoms with Crippen molar-refractivity contribution < 1.29 is 4.79 Å². The van der Waals surface area contributed by atoms with E-state index >= 15 is 0 Å². The second-order valence-corrected chi connectivity index (χ2v) is 4.36. The fraction of sp³-hybridized carbons (Fsp3) is 0.900. The van der Waals surface area contributed by atoms with E-state index in [2.05, 4.69) is 5.32 Å². The van der Waals surface area contributed by atoms with E-state index in [-0.39, 0.29) is 11.9 Å². The molecule has 1 heterocycles. The maximum atomic E-state index is 11.8. The van der Waals surface area contributed by atoms with Gasteiger partial charge in [-0.2, -0.15) is 0 Å². The van der Waals surface area contributed by atoms with Gasteiger partial charge in [0.2, 0.25) is 5.91 Å². The zero-order chi connectivity index (χ0) is 9.97. The predicted octanol–water partition coefficient (Wildman–Crippen LogP) is -0.454. The van der Waals surface area contributed by atoms with E-state index in [1.807, 2.05) is 4.90 Å². The molecule has 1 atom stereocenters. The lowest BCUT2D eigenvalue weighted by atomic mass is 10.1. The van der Waals surface area contributed by atoms with E-state index in [0.29, 0.717) is 0 Å². The number of rotatable bonds is 3. The van der Waals surface area contributed by atoms with E-state index in [9.17, 15) is 4.79 Å². The smallest absolute Gasteiger partial charge is 0.239 e. The van der Waals surface area contributed by atoms with Crippen LogP contribution in [0.25, 0.3) is 0 Å². The maximum absolute atomic E-state index is 11.8. The van der Waals surface area contributed by atoms with Gasteiger partial charge in [-0.25, -0.2) is 0 Å². The lowest BCUT2D eigenvalue weighted by Crippen LogP contribution is -2.51. The van der Waals surface area contributed by atoms with Crippen LogP contribution in [-0.4, -0.2) is 43.0 Å². The van der Waals surface area contributed by atoms with Crippen molar-refractivity contribution in [1.29, 1.82) is 0 Å². The molecule has 80 valence electrons. The summed E-state index contributed by atoms with van der Waals surface area (Å²) in [5.74, 6) is 0.885. The van der Waals surface area contributed by atoms with Crippen molar-refractivity contribution in [2.45, 2.75) is 25.3 Å². The molecule has 1 saturated heterocycles. The Morgan fingerprint density at radius 1 is 1.43 bits per heavy atom. The van der Waals surface area contributed by atoms with Gasteiger partial charge in [-0.15, -0.1) is 0 Å². The van der Waals surface area contributed by atoms with Crippen molar-refractivity contribution >= 4 is 5.91 Å². The average molecular weight is 197 g/mol. The largest absolute Gasteiger partial charge is 0.339 e. The minimum atomic E-state index is -0.249. The molecular formula is C10H19N3O. The van der Waals surface area contributed by atoms with Gasteiger partial charge in [0, 0.05) is 26.2 Å². The summed E-state index contributed by atoms with van der Waals surface area (Å²) in [6.07, 6.45) is 3.42. The molecule has 2 aliphatic rings. The highest BCUT2D eigenvalue weighted by Gasteiger charge is 2.29. The summed E-state index contributed by atoms with van der Waals surface area (Å²) >= 11 is 0. The van der Waals surface area contributed by atoms with Crippen molar-refractivity contribution in [2.24, 2.45) is 11.7 Å². The summed E-state index contributed by atoms with van der Waals surface area (Å²) in [7, 11) is 0. The van der Waals surface area contributed by atoms with Crippen LogP contribution < -0.4 is 11.1 Å². The fourth-order valence-electron chi connectivity index (χ4n) is 1.93. The first-order valence-electron chi connectivity index (χ1n) is 5.52. The van der Waals surface area contributed by atoms with Gasteiger partial charge in [-0.1, -0.05) is 12.8 Å². The molecule has 1 saturated carbocycles. The minimum absolute atomic E-state index is 0.151. The quantitative estimate of drug-likeness (QED) is 0.644. The average Bonchev–Trinajstić information content (AvgIpc) is 3.02. The molecule has 14 heavy (non-hydrogen) atoms. The van der Waals surface area contributed by atoms with E-state index in [4.69, 9.17) is 5.73 Å². The number of carbonyl (C=O) groups excluding carboxylic acids is 1. The third-order valence-electron chi connectivity index (χ3n) is 3.03. The normalized spacial score (nSPS) is 24.8. The van der Waals surface area contributed by atoms with Crippen LogP contribution in [-0.2, 0) is 4.79 Å². The Labute approximate surface area is 84.8 Å². The summed E-state index contributed by atoms with van der Waals surface area (Å²) in [6, 6.07) is -0.249. The monoisotopic (exact) mass is 197 g/mol. The van der Waals surface area contributed by atoms with Gasteiger partial charge in [0.25, 0.3) is 0 Å². The number of hydrogen-bond acceptors (Lipinski definition) is 3. The summed E-state index contributed by atoms with van der Waals surface area (Å²) in [6.45, 7) is 3.44. The summed E-state index contributed by atoms with van der Waals surface area (Å²) < 4.78 is 0. The zero-order valence-electron chi connectivity index (χ0n) is 8.54. The van der Waals surface area contributed by atoms with Gasteiger partial charge in [0.1, 0.15) is 0 Å². The van der Waals surface area contributed by atoms with Crippen molar-refractivity contribution in [2.75, 3.05) is 26.2 Å². The molecule has 1 unspecified atom stereocenters. The SMILES string of the molecule is NC(CC1CC1)C(=O)N1CCNCC1. The highest BCUT2D eigenvalue weighted by atomic mass is 16.2. The van der Waals surface area contributed by atoms with Crippen LogP contribution in [0.3, 0.4) is 0 Å². The van der Waals surface area contributed by atoms with E-state index in [1.54, 1.807) is 0 Å². The number of amides is 1.